The van der Waals surface area contributed by atoms with Crippen LogP contribution in [0.5, 0.6) is 0 Å². The summed E-state index contributed by atoms with van der Waals surface area (Å²) in [5, 5.41) is 11.3. The lowest BCUT2D eigenvalue weighted by molar-refractivity contribution is -0.267. The Bertz CT molecular complexity index is 877. The molecule has 0 aromatic rings. The van der Waals surface area contributed by atoms with Crippen LogP contribution in [0.1, 0.15) is 53.4 Å². The Labute approximate surface area is 187 Å². The van der Waals surface area contributed by atoms with E-state index >= 15 is 0 Å². The quantitative estimate of drug-likeness (QED) is 0.302. The van der Waals surface area contributed by atoms with Crippen molar-refractivity contribution in [2.45, 2.75) is 71.7 Å². The number of hydrogen-bond acceptors (Lipinski definition) is 8. The van der Waals surface area contributed by atoms with Crippen LogP contribution in [0.25, 0.3) is 0 Å². The number of hydrogen-bond donors (Lipinski definition) is 1. The van der Waals surface area contributed by atoms with E-state index in [1.165, 1.54) is 13.8 Å². The Morgan fingerprint density at radius 3 is 2.47 bits per heavy atom. The molecule has 32 heavy (non-hydrogen) atoms. The number of esters is 3. The van der Waals surface area contributed by atoms with Crippen LogP contribution in [0.4, 0.5) is 0 Å². The molecule has 8 unspecified atom stereocenters. The fourth-order valence-electron chi connectivity index (χ4n) is 7.49. The van der Waals surface area contributed by atoms with Crippen molar-refractivity contribution in [1.29, 1.82) is 0 Å². The summed E-state index contributed by atoms with van der Waals surface area (Å²) in [6.45, 7) is 10.4. The van der Waals surface area contributed by atoms with Crippen LogP contribution in [0.2, 0.25) is 0 Å². The highest BCUT2D eigenvalue weighted by atomic mass is 16.6. The van der Waals surface area contributed by atoms with E-state index < -0.39 is 64.3 Å². The molecule has 1 heterocycles. The molecule has 0 aromatic heterocycles. The second-order valence-electron chi connectivity index (χ2n) is 10.7. The standard InChI is InChI=1S/C24H32O8/c1-12-15-8-16(31-13(2)26)19-23(9-15,20(12)28)21(29)30-11-24(19)17(10-25)22(4,5)7-6-18(24)32-14(3)27/h10,15-20,28H,1,6-9,11H2,2-5H3. The molecule has 1 N–H and O–H groups in total. The molecule has 4 aliphatic rings. The zero-order valence-electron chi connectivity index (χ0n) is 19.1. The van der Waals surface area contributed by atoms with Crippen LogP contribution >= 0.6 is 0 Å². The van der Waals surface area contributed by atoms with Gasteiger partial charge in [-0.15, -0.1) is 0 Å². The van der Waals surface area contributed by atoms with E-state index in [9.17, 15) is 24.3 Å². The van der Waals surface area contributed by atoms with Gasteiger partial charge in [-0.2, -0.15) is 0 Å². The topological polar surface area (TPSA) is 116 Å². The molecular weight excluding hydrogens is 416 g/mol. The van der Waals surface area contributed by atoms with Crippen LogP contribution < -0.4 is 0 Å². The fourth-order valence-corrected chi connectivity index (χ4v) is 7.49. The first-order valence-corrected chi connectivity index (χ1v) is 11.3. The minimum absolute atomic E-state index is 0.148. The van der Waals surface area contributed by atoms with Gasteiger partial charge in [-0.25, -0.2) is 0 Å². The van der Waals surface area contributed by atoms with Crippen molar-refractivity contribution in [3.05, 3.63) is 12.2 Å². The van der Waals surface area contributed by atoms with E-state index in [2.05, 4.69) is 6.58 Å². The lowest BCUT2D eigenvalue weighted by Crippen LogP contribution is -2.72. The number of carbonyl (C=O) groups is 4. The maximum absolute atomic E-state index is 13.3. The van der Waals surface area contributed by atoms with Crippen LogP contribution in [0, 0.1) is 34.0 Å². The smallest absolute Gasteiger partial charge is 0.315 e. The lowest BCUT2D eigenvalue weighted by atomic mass is 9.43. The van der Waals surface area contributed by atoms with E-state index in [0.717, 1.165) is 6.29 Å². The molecule has 3 aliphatic carbocycles. The highest BCUT2D eigenvalue weighted by Crippen LogP contribution is 2.69. The van der Waals surface area contributed by atoms with Gasteiger partial charge >= 0.3 is 17.9 Å². The van der Waals surface area contributed by atoms with Gasteiger partial charge in [-0.1, -0.05) is 20.4 Å². The second-order valence-corrected chi connectivity index (χ2v) is 10.7. The molecule has 1 saturated heterocycles. The van der Waals surface area contributed by atoms with Gasteiger partial charge in [0.25, 0.3) is 0 Å². The minimum Gasteiger partial charge on any atom is -0.464 e. The molecule has 4 rings (SSSR count). The number of aldehydes is 1. The second kappa shape index (κ2) is 7.40. The van der Waals surface area contributed by atoms with Crippen LogP contribution in [0.3, 0.4) is 0 Å². The molecule has 2 spiro atoms. The predicted octanol–water partition coefficient (Wildman–Crippen LogP) is 1.97. The molecule has 3 saturated carbocycles. The first-order valence-electron chi connectivity index (χ1n) is 11.3. The molecule has 0 aromatic carbocycles. The maximum Gasteiger partial charge on any atom is 0.315 e. The molecule has 1 aliphatic heterocycles. The molecule has 8 atom stereocenters. The van der Waals surface area contributed by atoms with E-state index in [4.69, 9.17) is 14.2 Å². The molecule has 176 valence electrons. The molecule has 2 bridgehead atoms. The van der Waals surface area contributed by atoms with Crippen molar-refractivity contribution >= 4 is 24.2 Å². The molecule has 0 amide bonds. The Kier molecular flexibility index (Phi) is 5.31. The monoisotopic (exact) mass is 448 g/mol. The van der Waals surface area contributed by atoms with Gasteiger partial charge in [0.05, 0.1) is 11.5 Å². The minimum atomic E-state index is -1.41. The lowest BCUT2D eigenvalue weighted by Gasteiger charge is -2.63. The average molecular weight is 449 g/mol. The molecular formula is C24H32O8. The number of fused-ring (bicyclic) bond motifs is 2. The summed E-state index contributed by atoms with van der Waals surface area (Å²) in [5.41, 5.74) is -2.52. The van der Waals surface area contributed by atoms with Crippen LogP contribution in [-0.2, 0) is 33.4 Å². The Morgan fingerprint density at radius 1 is 1.22 bits per heavy atom. The number of cyclic esters (lactones) is 1. The maximum atomic E-state index is 13.3. The Hall–Kier alpha value is -2.22. The third-order valence-electron chi connectivity index (χ3n) is 8.64. The summed E-state index contributed by atoms with van der Waals surface area (Å²) in [7, 11) is 0. The highest BCUT2D eigenvalue weighted by molar-refractivity contribution is 5.82. The summed E-state index contributed by atoms with van der Waals surface area (Å²) in [6, 6.07) is 0. The Balaban J connectivity index is 1.98. The summed E-state index contributed by atoms with van der Waals surface area (Å²) < 4.78 is 17.3. The molecule has 8 nitrogen and oxygen atoms in total. The van der Waals surface area contributed by atoms with Gasteiger partial charge in [0.15, 0.2) is 0 Å². The van der Waals surface area contributed by atoms with Crippen molar-refractivity contribution in [2.75, 3.05) is 6.61 Å². The summed E-state index contributed by atoms with van der Waals surface area (Å²) in [5.74, 6) is -3.22. The van der Waals surface area contributed by atoms with E-state index in [1.54, 1.807) is 0 Å². The SMILES string of the molecule is C=C1C2CC(OC(C)=O)C3C(C2)(C(=O)OCC32C(OC(C)=O)CCC(C)(C)C2C=O)C1O. The van der Waals surface area contributed by atoms with Crippen LogP contribution in [-0.4, -0.2) is 54.2 Å². The van der Waals surface area contributed by atoms with Crippen molar-refractivity contribution in [3.8, 4) is 0 Å². The summed E-state index contributed by atoms with van der Waals surface area (Å²) >= 11 is 0. The van der Waals surface area contributed by atoms with Crippen molar-refractivity contribution in [1.82, 2.24) is 0 Å². The van der Waals surface area contributed by atoms with Gasteiger partial charge in [-0.3, -0.25) is 14.4 Å². The van der Waals surface area contributed by atoms with Crippen molar-refractivity contribution in [2.24, 2.45) is 34.0 Å². The Morgan fingerprint density at radius 2 is 1.88 bits per heavy atom. The van der Waals surface area contributed by atoms with Crippen molar-refractivity contribution in [3.63, 3.8) is 0 Å². The zero-order chi connectivity index (χ0) is 23.6. The number of ether oxygens (including phenoxy) is 3. The molecule has 4 fully saturated rings. The van der Waals surface area contributed by atoms with Crippen molar-refractivity contribution < 1.29 is 38.5 Å². The number of aliphatic hydroxyl groups excluding tert-OH is 1. The van der Waals surface area contributed by atoms with Gasteiger partial charge in [0.1, 0.15) is 30.5 Å². The molecule has 8 heteroatoms. The van der Waals surface area contributed by atoms with Gasteiger partial charge in [0.2, 0.25) is 0 Å². The predicted molar refractivity (Wildman–Crippen MR) is 111 cm³/mol. The third kappa shape index (κ3) is 2.91. The zero-order valence-corrected chi connectivity index (χ0v) is 19.1. The fraction of sp³-hybridized carbons (Fsp3) is 0.750. The molecule has 0 radical (unpaired) electrons. The number of aliphatic hydroxyl groups is 1. The van der Waals surface area contributed by atoms with E-state index in [-0.39, 0.29) is 12.5 Å². The third-order valence-corrected chi connectivity index (χ3v) is 8.64. The summed E-state index contributed by atoms with van der Waals surface area (Å²) in [4.78, 5) is 50.2. The number of carbonyl (C=O) groups excluding carboxylic acids is 4. The normalized spacial score (nSPS) is 44.4. The van der Waals surface area contributed by atoms with Crippen LogP contribution in [0.15, 0.2) is 12.2 Å². The van der Waals surface area contributed by atoms with Gasteiger partial charge in [0, 0.05) is 25.7 Å². The van der Waals surface area contributed by atoms with Gasteiger partial charge in [-0.05, 0) is 42.6 Å². The summed E-state index contributed by atoms with van der Waals surface area (Å²) in [6.07, 6.45) is -0.0387. The average Bonchev–Trinajstić information content (AvgIpc) is 2.88. The van der Waals surface area contributed by atoms with Gasteiger partial charge < -0.3 is 24.1 Å². The van der Waals surface area contributed by atoms with E-state index in [1.807, 2.05) is 13.8 Å². The largest absolute Gasteiger partial charge is 0.464 e. The first kappa shape index (κ1) is 23.0. The first-order chi connectivity index (χ1) is 14.9. The number of rotatable bonds is 3. The van der Waals surface area contributed by atoms with E-state index in [0.29, 0.717) is 31.3 Å². The highest BCUT2D eigenvalue weighted by Gasteiger charge is 2.77.